The van der Waals surface area contributed by atoms with Crippen LogP contribution in [0.4, 0.5) is 0 Å². The van der Waals surface area contributed by atoms with Gasteiger partial charge in [-0.2, -0.15) is 0 Å². The van der Waals surface area contributed by atoms with Crippen molar-refractivity contribution >= 4 is 44.4 Å². The number of nitrogens with one attached hydrogen (secondary N) is 1. The Bertz CT molecular complexity index is 839. The Morgan fingerprint density at radius 2 is 1.36 bits per heavy atom. The van der Waals surface area contributed by atoms with Crippen LogP contribution in [0.2, 0.25) is 0 Å². The fraction of sp³-hybridized carbons (Fsp3) is 0.444. The van der Waals surface area contributed by atoms with Gasteiger partial charge in [0.25, 0.3) is 0 Å². The third-order valence-corrected chi connectivity index (χ3v) is 8.67. The Morgan fingerprint density at radius 3 is 1.68 bits per heavy atom. The van der Waals surface area contributed by atoms with E-state index in [-0.39, 0.29) is 13.2 Å². The van der Waals surface area contributed by atoms with Gasteiger partial charge in [-0.1, -0.05) is 12.1 Å². The molecule has 2 aromatic heterocycles. The minimum atomic E-state index is -4.26. The minimum Gasteiger partial charge on any atom is -0.465 e. The Morgan fingerprint density at radius 1 is 0.929 bits per heavy atom. The Labute approximate surface area is 171 Å². The summed E-state index contributed by atoms with van der Waals surface area (Å²) in [6, 6.07) is 5.46. The number of thiophene rings is 2. The highest BCUT2D eigenvalue weighted by Gasteiger charge is 2.57. The highest BCUT2D eigenvalue weighted by Crippen LogP contribution is 2.41. The van der Waals surface area contributed by atoms with Crippen LogP contribution in [0.15, 0.2) is 35.0 Å². The van der Waals surface area contributed by atoms with Crippen LogP contribution in [-0.2, 0) is 28.9 Å². The lowest BCUT2D eigenvalue weighted by Gasteiger charge is -2.39. The zero-order valence-corrected chi connectivity index (χ0v) is 17.8. The monoisotopic (exact) mass is 443 g/mol. The topological polar surface area (TPSA) is 98.8 Å². The van der Waals surface area contributed by atoms with E-state index < -0.39 is 44.4 Å². The van der Waals surface area contributed by atoms with Gasteiger partial charge in [0, 0.05) is 9.75 Å². The first-order valence-electron chi connectivity index (χ1n) is 8.80. The smallest absolute Gasteiger partial charge is 0.326 e. The summed E-state index contributed by atoms with van der Waals surface area (Å²) in [7, 11) is -4.26. The molecule has 0 amide bonds. The van der Waals surface area contributed by atoms with Crippen molar-refractivity contribution in [3.63, 3.8) is 0 Å². The first-order chi connectivity index (χ1) is 13.4. The van der Waals surface area contributed by atoms with Crippen molar-refractivity contribution in [2.45, 2.75) is 36.4 Å². The predicted octanol–water partition coefficient (Wildman–Crippen LogP) is 2.47. The molecule has 0 radical (unpaired) electrons. The van der Waals surface area contributed by atoms with Crippen LogP contribution in [0.1, 0.15) is 35.7 Å². The highest BCUT2D eigenvalue weighted by molar-refractivity contribution is 7.94. The van der Waals surface area contributed by atoms with Crippen LogP contribution in [-0.4, -0.2) is 44.1 Å². The molecule has 0 aromatic carbocycles. The SMILES string of the molecule is CCOC(=O)C1C(c2cccs2)NC(c2cccs2)C(C(=O)OCC)S1(=O)=O. The second-order valence-electron chi connectivity index (χ2n) is 6.09. The molecule has 3 rings (SSSR count). The van der Waals surface area contributed by atoms with Crippen LogP contribution >= 0.6 is 22.7 Å². The summed E-state index contributed by atoms with van der Waals surface area (Å²) >= 11 is 2.68. The quantitative estimate of drug-likeness (QED) is 0.685. The predicted molar refractivity (Wildman–Crippen MR) is 107 cm³/mol. The summed E-state index contributed by atoms with van der Waals surface area (Å²) in [6.45, 7) is 3.30. The van der Waals surface area contributed by atoms with Gasteiger partial charge in [-0.15, -0.1) is 22.7 Å². The molecule has 4 atom stereocenters. The standard InChI is InChI=1S/C18H21NO6S3/c1-3-24-17(20)15-13(11-7-5-9-26-11)19-14(12-8-6-10-27-12)16(28(15,22)23)18(21)25-4-2/h5-10,13-16,19H,3-4H2,1-2H3. The summed E-state index contributed by atoms with van der Waals surface area (Å²) in [4.78, 5) is 26.7. The van der Waals surface area contributed by atoms with Gasteiger partial charge < -0.3 is 9.47 Å². The van der Waals surface area contributed by atoms with E-state index in [1.807, 2.05) is 10.8 Å². The molecule has 1 aliphatic rings. The lowest BCUT2D eigenvalue weighted by atomic mass is 10.1. The van der Waals surface area contributed by atoms with E-state index in [4.69, 9.17) is 9.47 Å². The summed E-state index contributed by atoms with van der Waals surface area (Å²) in [5.41, 5.74) is 0. The van der Waals surface area contributed by atoms with Gasteiger partial charge >= 0.3 is 11.9 Å². The third kappa shape index (κ3) is 3.86. The maximum atomic E-state index is 13.5. The molecule has 0 spiro atoms. The van der Waals surface area contributed by atoms with Gasteiger partial charge in [0.15, 0.2) is 20.3 Å². The molecule has 1 fully saturated rings. The summed E-state index contributed by atoms with van der Waals surface area (Å²) in [6.07, 6.45) is 0. The van der Waals surface area contributed by atoms with E-state index in [1.54, 1.807) is 38.1 Å². The van der Waals surface area contributed by atoms with Crippen LogP contribution < -0.4 is 5.32 Å². The first kappa shape index (κ1) is 21.0. The third-order valence-electron chi connectivity index (χ3n) is 4.41. The van der Waals surface area contributed by atoms with Crippen LogP contribution in [0.3, 0.4) is 0 Å². The largest absolute Gasteiger partial charge is 0.465 e. The molecule has 3 heterocycles. The number of carbonyl (C=O) groups excluding carboxylic acids is 2. The van der Waals surface area contributed by atoms with Crippen molar-refractivity contribution in [3.05, 3.63) is 44.8 Å². The van der Waals surface area contributed by atoms with Crippen LogP contribution in [0.25, 0.3) is 0 Å². The van der Waals surface area contributed by atoms with Gasteiger partial charge in [0.05, 0.1) is 25.3 Å². The molecular weight excluding hydrogens is 422 g/mol. The van der Waals surface area contributed by atoms with Gasteiger partial charge in [0.2, 0.25) is 0 Å². The Balaban J connectivity index is 2.13. The summed E-state index contributed by atoms with van der Waals surface area (Å²) in [5.74, 6) is -1.74. The fourth-order valence-electron chi connectivity index (χ4n) is 3.29. The number of esters is 2. The minimum absolute atomic E-state index is 0.0421. The zero-order valence-electron chi connectivity index (χ0n) is 15.4. The summed E-state index contributed by atoms with van der Waals surface area (Å²) < 4.78 is 37.2. The molecule has 2 aromatic rings. The molecule has 1 aliphatic heterocycles. The molecule has 0 aliphatic carbocycles. The van der Waals surface area contributed by atoms with E-state index in [0.29, 0.717) is 9.75 Å². The second-order valence-corrected chi connectivity index (χ2v) is 10.2. The van der Waals surface area contributed by atoms with Crippen molar-refractivity contribution < 1.29 is 27.5 Å². The van der Waals surface area contributed by atoms with Crippen molar-refractivity contribution in [1.82, 2.24) is 5.32 Å². The Hall–Kier alpha value is -1.75. The van der Waals surface area contributed by atoms with E-state index >= 15 is 0 Å². The number of ether oxygens (including phenoxy) is 2. The molecule has 10 heteroatoms. The maximum absolute atomic E-state index is 13.5. The molecule has 1 saturated heterocycles. The van der Waals surface area contributed by atoms with Gasteiger partial charge in [0.1, 0.15) is 0 Å². The highest BCUT2D eigenvalue weighted by atomic mass is 32.2. The number of hydrogen-bond acceptors (Lipinski definition) is 9. The summed E-state index contributed by atoms with van der Waals surface area (Å²) in [5, 5.41) is 3.79. The van der Waals surface area contributed by atoms with Gasteiger partial charge in [-0.3, -0.25) is 14.9 Å². The van der Waals surface area contributed by atoms with Crippen molar-refractivity contribution in [2.24, 2.45) is 0 Å². The number of sulfone groups is 1. The van der Waals surface area contributed by atoms with Crippen LogP contribution in [0, 0.1) is 0 Å². The van der Waals surface area contributed by atoms with E-state index in [0.717, 1.165) is 0 Å². The van der Waals surface area contributed by atoms with Crippen LogP contribution in [0.5, 0.6) is 0 Å². The second kappa shape index (κ2) is 8.73. The first-order valence-corrected chi connectivity index (χ1v) is 12.2. The van der Waals surface area contributed by atoms with Crippen molar-refractivity contribution in [3.8, 4) is 0 Å². The number of carbonyl (C=O) groups is 2. The van der Waals surface area contributed by atoms with Crippen molar-refractivity contribution in [1.29, 1.82) is 0 Å². The molecule has 152 valence electrons. The van der Waals surface area contributed by atoms with Gasteiger partial charge in [-0.05, 0) is 36.7 Å². The molecule has 0 saturated carbocycles. The number of rotatable bonds is 6. The van der Waals surface area contributed by atoms with Crippen molar-refractivity contribution in [2.75, 3.05) is 13.2 Å². The molecular formula is C18H21NO6S3. The van der Waals surface area contributed by atoms with E-state index in [1.165, 1.54) is 22.7 Å². The zero-order chi connectivity index (χ0) is 20.3. The lowest BCUT2D eigenvalue weighted by Crippen LogP contribution is -2.59. The van der Waals surface area contributed by atoms with Gasteiger partial charge in [-0.25, -0.2) is 8.42 Å². The average molecular weight is 444 g/mol. The Kier molecular flexibility index (Phi) is 6.54. The normalized spacial score (nSPS) is 26.5. The molecule has 7 nitrogen and oxygen atoms in total. The van der Waals surface area contributed by atoms with E-state index in [9.17, 15) is 18.0 Å². The molecule has 0 bridgehead atoms. The fourth-order valence-corrected chi connectivity index (χ4v) is 7.31. The maximum Gasteiger partial charge on any atom is 0.326 e. The average Bonchev–Trinajstić information content (AvgIpc) is 3.34. The molecule has 4 unspecified atom stereocenters. The molecule has 1 N–H and O–H groups in total. The number of hydrogen-bond donors (Lipinski definition) is 1. The molecule has 28 heavy (non-hydrogen) atoms. The van der Waals surface area contributed by atoms with E-state index in [2.05, 4.69) is 5.32 Å². The lowest BCUT2D eigenvalue weighted by molar-refractivity contribution is -0.144.